The highest BCUT2D eigenvalue weighted by molar-refractivity contribution is 7.46. The minimum absolute atomic E-state index is 1.08. The maximum atomic E-state index is 11.3. The smallest absolute Gasteiger partial charge is 0.388 e. The summed E-state index contributed by atoms with van der Waals surface area (Å²) in [5, 5.41) is 28.1. The Kier molecular flexibility index (Phi) is 6.20. The van der Waals surface area contributed by atoms with Crippen LogP contribution < -0.4 is 0 Å². The van der Waals surface area contributed by atoms with Gasteiger partial charge in [-0.1, -0.05) is 0 Å². The van der Waals surface area contributed by atoms with Crippen molar-refractivity contribution < 1.29 is 57.9 Å². The summed E-state index contributed by atoms with van der Waals surface area (Å²) in [5.41, 5.74) is 0. The van der Waals surface area contributed by atoms with Gasteiger partial charge in [-0.15, -0.1) is 0 Å². The molecular weight excluding hydrogens is 326 g/mol. The van der Waals surface area contributed by atoms with Crippen molar-refractivity contribution in [3.05, 3.63) is 0 Å². The van der Waals surface area contributed by atoms with Crippen LogP contribution in [0.5, 0.6) is 0 Å². The van der Waals surface area contributed by atoms with Crippen molar-refractivity contribution in [1.29, 1.82) is 2.86 Å². The van der Waals surface area contributed by atoms with Gasteiger partial charge < -0.3 is 34.9 Å². The molecule has 120 valence electrons. The standard InChI is InChI=1S/C6H14O12P2/c7-3(1-17-19(11,12)13)5(9)6(10)4(8)2-18-20(14,15)16/h3,5-7,9-10H,1-2H2,(H2,11,12,13)(H2,14,15,16)/t3-,5-,6-/m1/s1/i/hD2. The molecule has 12 nitrogen and oxygen atoms in total. The first-order valence-corrected chi connectivity index (χ1v) is 7.76. The lowest BCUT2D eigenvalue weighted by Crippen LogP contribution is -2.45. The Morgan fingerprint density at radius 2 is 1.60 bits per heavy atom. The predicted molar refractivity (Wildman–Crippen MR) is 59.0 cm³/mol. The monoisotopic (exact) mass is 342 g/mol. The van der Waals surface area contributed by atoms with Crippen molar-refractivity contribution in [3.8, 4) is 0 Å². The van der Waals surface area contributed by atoms with Gasteiger partial charge in [0.15, 0.2) is 5.78 Å². The number of carbonyl (C=O) groups is 1. The molecule has 7 N–H and O–H groups in total. The van der Waals surface area contributed by atoms with Gasteiger partial charge in [0, 0.05) is 0 Å². The first-order chi connectivity index (χ1) is 9.95. The van der Waals surface area contributed by atoms with Crippen LogP contribution in [-0.2, 0) is 23.0 Å². The van der Waals surface area contributed by atoms with Crippen LogP contribution in [0.15, 0.2) is 0 Å². The van der Waals surface area contributed by atoms with Crippen LogP contribution in [-0.4, -0.2) is 75.1 Å². The maximum Gasteiger partial charge on any atom is 0.470 e. The van der Waals surface area contributed by atoms with Crippen LogP contribution in [0.2, 0.25) is 0 Å². The molecule has 0 aliphatic carbocycles. The van der Waals surface area contributed by atoms with Gasteiger partial charge in [0.2, 0.25) is 2.86 Å². The Morgan fingerprint density at radius 3 is 2.10 bits per heavy atom. The Bertz CT molecular complexity index is 459. The average Bonchev–Trinajstić information content (AvgIpc) is 2.48. The number of Topliss-reactive ketones (excluding diaryl/α,β-unsaturated/α-hetero) is 1. The number of phosphoric acid groups is 2. The van der Waals surface area contributed by atoms with E-state index in [9.17, 15) is 29.2 Å². The first-order valence-electron chi connectivity index (χ1n) is 5.59. The summed E-state index contributed by atoms with van der Waals surface area (Å²) in [5.74, 6) is -1.36. The summed E-state index contributed by atoms with van der Waals surface area (Å²) >= 11 is 0. The van der Waals surface area contributed by atoms with Gasteiger partial charge in [0.05, 0.1) is 6.61 Å². The lowest BCUT2D eigenvalue weighted by atomic mass is 10.1. The average molecular weight is 342 g/mol. The van der Waals surface area contributed by atoms with Crippen molar-refractivity contribution in [3.63, 3.8) is 0 Å². The molecule has 0 fully saturated rings. The molecule has 20 heavy (non-hydrogen) atoms. The normalized spacial score (nSPS) is 23.6. The second kappa shape index (κ2) is 7.69. The molecule has 0 saturated heterocycles. The van der Waals surface area contributed by atoms with E-state index in [4.69, 9.17) is 12.6 Å². The van der Waals surface area contributed by atoms with Gasteiger partial charge in [-0.3, -0.25) is 13.8 Å². The van der Waals surface area contributed by atoms with Crippen LogP contribution >= 0.6 is 15.6 Å². The molecular formula is C6H14O12P2. The number of phosphoric ester groups is 2. The minimum atomic E-state index is -4.80. The number of ketones is 1. The van der Waals surface area contributed by atoms with Gasteiger partial charge in [0.1, 0.15) is 24.9 Å². The third kappa shape index (κ3) is 8.84. The van der Waals surface area contributed by atoms with E-state index in [2.05, 4.69) is 18.8 Å². The van der Waals surface area contributed by atoms with Crippen molar-refractivity contribution in [1.82, 2.24) is 0 Å². The molecule has 14 heteroatoms. The van der Waals surface area contributed by atoms with E-state index >= 15 is 0 Å². The SMILES string of the molecule is [2H]OP(=O)(O)OCC(=O)[C@@H](O)[C@H](O)[C@H](O)COP(=O)(O)O[2H]. The third-order valence-corrected chi connectivity index (χ3v) is 2.76. The second-order valence-electron chi connectivity index (χ2n) is 3.48. The highest BCUT2D eigenvalue weighted by Gasteiger charge is 2.32. The van der Waals surface area contributed by atoms with Gasteiger partial charge in [-0.05, 0) is 0 Å². The molecule has 0 radical (unpaired) electrons. The fraction of sp³-hybridized carbons (Fsp3) is 0.833. The van der Waals surface area contributed by atoms with Crippen LogP contribution in [0.3, 0.4) is 0 Å². The molecule has 0 saturated carbocycles. The van der Waals surface area contributed by atoms with E-state index in [1.165, 1.54) is 0 Å². The van der Waals surface area contributed by atoms with E-state index in [1.54, 1.807) is 0 Å². The van der Waals surface area contributed by atoms with E-state index in [0.29, 0.717) is 0 Å². The lowest BCUT2D eigenvalue weighted by molar-refractivity contribution is -0.142. The van der Waals surface area contributed by atoms with Crippen LogP contribution in [0.4, 0.5) is 0 Å². The molecule has 0 aromatic heterocycles. The number of rotatable bonds is 11. The van der Waals surface area contributed by atoms with Gasteiger partial charge >= 0.3 is 15.6 Å². The summed E-state index contributed by atoms with van der Waals surface area (Å²) in [6, 6.07) is 0. The van der Waals surface area contributed by atoms with Crippen LogP contribution in [0.25, 0.3) is 0 Å². The zero-order chi connectivity index (χ0) is 17.6. The van der Waals surface area contributed by atoms with Crippen molar-refractivity contribution >= 4 is 21.4 Å². The molecule has 0 bridgehead atoms. The molecule has 0 aliphatic rings. The topological polar surface area (TPSA) is 211 Å². The first kappa shape index (κ1) is 16.1. The molecule has 0 amide bonds. The molecule has 0 rings (SSSR count). The summed E-state index contributed by atoms with van der Waals surface area (Å²) in [4.78, 5) is 35.2. The summed E-state index contributed by atoms with van der Waals surface area (Å²) in [6.45, 7) is -2.31. The lowest BCUT2D eigenvalue weighted by Gasteiger charge is -2.22. The molecule has 0 aromatic carbocycles. The Hall–Kier alpha value is -0.230. The Morgan fingerprint density at radius 1 is 1.10 bits per heavy atom. The largest absolute Gasteiger partial charge is 0.470 e. The van der Waals surface area contributed by atoms with Crippen LogP contribution in [0, 0.1) is 0 Å². The number of aliphatic hydroxyl groups excluding tert-OH is 3. The molecule has 0 spiro atoms. The highest BCUT2D eigenvalue weighted by Crippen LogP contribution is 2.36. The predicted octanol–water partition coefficient (Wildman–Crippen LogP) is -3.14. The maximum absolute atomic E-state index is 11.3. The summed E-state index contributed by atoms with van der Waals surface area (Å²) < 4.78 is 41.8. The Balaban J connectivity index is 4.45. The van der Waals surface area contributed by atoms with Crippen molar-refractivity contribution in [2.75, 3.05) is 13.2 Å². The molecule has 0 heterocycles. The minimum Gasteiger partial charge on any atom is -0.388 e. The number of hydrogen-bond acceptors (Lipinski definition) is 10. The Labute approximate surface area is 115 Å². The molecule has 0 aliphatic heterocycles. The number of aliphatic hydroxyl groups is 3. The van der Waals surface area contributed by atoms with Gasteiger partial charge in [0.25, 0.3) is 0 Å². The van der Waals surface area contributed by atoms with E-state index in [1.807, 2.05) is 0 Å². The van der Waals surface area contributed by atoms with E-state index < -0.39 is 53.0 Å². The summed E-state index contributed by atoms with van der Waals surface area (Å²) in [7, 11) is -9.56. The fourth-order valence-electron chi connectivity index (χ4n) is 0.901. The molecule has 2 unspecified atom stereocenters. The number of hydrogen-bond donors (Lipinski definition) is 7. The molecule has 0 aromatic rings. The zero-order valence-corrected chi connectivity index (χ0v) is 11.4. The highest BCUT2D eigenvalue weighted by atomic mass is 31.2. The van der Waals surface area contributed by atoms with Crippen molar-refractivity contribution in [2.24, 2.45) is 0 Å². The van der Waals surface area contributed by atoms with Gasteiger partial charge in [-0.25, -0.2) is 9.13 Å². The van der Waals surface area contributed by atoms with E-state index in [0.717, 1.165) is 0 Å². The summed E-state index contributed by atoms with van der Waals surface area (Å²) in [6.07, 6.45) is -6.56. The van der Waals surface area contributed by atoms with E-state index in [-0.39, 0.29) is 0 Å². The zero-order valence-electron chi connectivity index (χ0n) is 11.6. The number of carbonyl (C=O) groups excluding carboxylic acids is 1. The quantitative estimate of drug-likeness (QED) is 0.186. The van der Waals surface area contributed by atoms with Crippen LogP contribution in [0.1, 0.15) is 0 Å². The fourth-order valence-corrected chi connectivity index (χ4v) is 1.53. The van der Waals surface area contributed by atoms with Crippen molar-refractivity contribution in [2.45, 2.75) is 18.3 Å². The second-order valence-corrected chi connectivity index (χ2v) is 5.87. The molecule has 5 atom stereocenters. The van der Waals surface area contributed by atoms with Gasteiger partial charge in [-0.2, -0.15) is 0 Å². The third-order valence-electron chi connectivity index (χ3n) is 1.83.